The summed E-state index contributed by atoms with van der Waals surface area (Å²) in [6.07, 6.45) is 3.11. The topological polar surface area (TPSA) is 125 Å². The Kier molecular flexibility index (Phi) is 9.77. The summed E-state index contributed by atoms with van der Waals surface area (Å²) in [5.41, 5.74) is 5.35. The molecule has 0 aromatic carbocycles. The molecule has 116 valence electrons. The highest BCUT2D eigenvalue weighted by molar-refractivity contribution is 8.12. The highest BCUT2D eigenvalue weighted by Gasteiger charge is 2.11. The van der Waals surface area contributed by atoms with Crippen LogP contribution in [-0.4, -0.2) is 58.1 Å². The summed E-state index contributed by atoms with van der Waals surface area (Å²) in [4.78, 5) is 25.2. The standard InChI is InChI=1S/C11H21N3O5S/c1-8(13-7-19-11(17)20-2)14(18)6-4-3-5-9(12)10(15)16/h9,18H,3-7,12H2,1-2H3,(H,15,16)/b13-8+/t9-/m0/s1. The van der Waals surface area contributed by atoms with Crippen LogP contribution in [0.25, 0.3) is 0 Å². The molecule has 0 radical (unpaired) electrons. The number of carboxylic acid groups (broad SMARTS) is 1. The zero-order valence-electron chi connectivity index (χ0n) is 11.6. The molecular weight excluding hydrogens is 286 g/mol. The Morgan fingerprint density at radius 3 is 2.65 bits per heavy atom. The molecule has 0 amide bonds. The van der Waals surface area contributed by atoms with Crippen LogP contribution in [0.4, 0.5) is 4.79 Å². The van der Waals surface area contributed by atoms with Crippen molar-refractivity contribution in [1.29, 1.82) is 0 Å². The van der Waals surface area contributed by atoms with Gasteiger partial charge in [0.25, 0.3) is 0 Å². The van der Waals surface area contributed by atoms with Gasteiger partial charge in [-0.25, -0.2) is 14.9 Å². The van der Waals surface area contributed by atoms with E-state index in [-0.39, 0.29) is 6.73 Å². The molecule has 0 aromatic heterocycles. The van der Waals surface area contributed by atoms with E-state index in [1.807, 2.05) is 0 Å². The number of amidine groups is 1. The summed E-state index contributed by atoms with van der Waals surface area (Å²) in [6, 6.07) is -0.872. The molecule has 0 unspecified atom stereocenters. The molecule has 0 aromatic rings. The number of ether oxygens (including phenoxy) is 1. The Labute approximate surface area is 121 Å². The monoisotopic (exact) mass is 307 g/mol. The Morgan fingerprint density at radius 2 is 2.10 bits per heavy atom. The molecule has 4 N–H and O–H groups in total. The molecule has 9 heteroatoms. The van der Waals surface area contributed by atoms with Gasteiger partial charge in [0.1, 0.15) is 11.9 Å². The van der Waals surface area contributed by atoms with Gasteiger partial charge in [-0.05, 0) is 44.2 Å². The van der Waals surface area contributed by atoms with Crippen molar-refractivity contribution in [3.63, 3.8) is 0 Å². The lowest BCUT2D eigenvalue weighted by atomic mass is 10.1. The molecule has 0 rings (SSSR count). The lowest BCUT2D eigenvalue weighted by molar-refractivity contribution is -0.138. The van der Waals surface area contributed by atoms with Gasteiger partial charge in [0, 0.05) is 6.54 Å². The fourth-order valence-electron chi connectivity index (χ4n) is 1.23. The number of rotatable bonds is 8. The number of carbonyl (C=O) groups excluding carboxylic acids is 1. The summed E-state index contributed by atoms with van der Waals surface area (Å²) in [5, 5.41) is 18.7. The van der Waals surface area contributed by atoms with Gasteiger partial charge < -0.3 is 15.6 Å². The number of carboxylic acids is 1. The van der Waals surface area contributed by atoms with Crippen molar-refractivity contribution in [2.24, 2.45) is 10.7 Å². The second kappa shape index (κ2) is 10.5. The molecule has 0 aliphatic carbocycles. The molecule has 0 spiro atoms. The second-order valence-electron chi connectivity index (χ2n) is 4.00. The highest BCUT2D eigenvalue weighted by Crippen LogP contribution is 2.02. The average Bonchev–Trinajstić information content (AvgIpc) is 2.42. The molecule has 0 bridgehead atoms. The van der Waals surface area contributed by atoms with Gasteiger partial charge in [0.2, 0.25) is 0 Å². The van der Waals surface area contributed by atoms with Crippen LogP contribution in [0.1, 0.15) is 26.2 Å². The normalized spacial score (nSPS) is 12.9. The maximum atomic E-state index is 10.8. The third-order valence-corrected chi connectivity index (χ3v) is 2.92. The number of aliphatic carboxylic acids is 1. The molecule has 0 aliphatic heterocycles. The van der Waals surface area contributed by atoms with Crippen molar-refractivity contribution in [2.45, 2.75) is 32.2 Å². The first-order valence-corrected chi connectivity index (χ1v) is 7.27. The predicted molar refractivity (Wildman–Crippen MR) is 75.9 cm³/mol. The van der Waals surface area contributed by atoms with Gasteiger partial charge in [-0.3, -0.25) is 10.0 Å². The van der Waals surface area contributed by atoms with Crippen LogP contribution in [0.5, 0.6) is 0 Å². The lowest BCUT2D eigenvalue weighted by Crippen LogP contribution is -2.30. The summed E-state index contributed by atoms with van der Waals surface area (Å²) in [6.45, 7) is 1.74. The second-order valence-corrected chi connectivity index (χ2v) is 4.74. The molecule has 0 fully saturated rings. The summed E-state index contributed by atoms with van der Waals surface area (Å²) in [7, 11) is 0. The van der Waals surface area contributed by atoms with Crippen LogP contribution >= 0.6 is 11.8 Å². The molecule has 0 saturated heterocycles. The average molecular weight is 307 g/mol. The quantitative estimate of drug-likeness (QED) is 0.200. The fourth-order valence-corrected chi connectivity index (χ4v) is 1.40. The van der Waals surface area contributed by atoms with Crippen LogP contribution in [0.2, 0.25) is 0 Å². The van der Waals surface area contributed by atoms with Crippen LogP contribution in [0.3, 0.4) is 0 Å². The van der Waals surface area contributed by atoms with E-state index in [4.69, 9.17) is 15.6 Å². The largest absolute Gasteiger partial charge is 0.480 e. The van der Waals surface area contributed by atoms with Crippen LogP contribution in [-0.2, 0) is 9.53 Å². The van der Waals surface area contributed by atoms with Crippen molar-refractivity contribution in [3.8, 4) is 0 Å². The smallest absolute Gasteiger partial charge is 0.368 e. The molecular formula is C11H21N3O5S. The summed E-state index contributed by atoms with van der Waals surface area (Å²) < 4.78 is 4.71. The first-order valence-electron chi connectivity index (χ1n) is 6.05. The van der Waals surface area contributed by atoms with E-state index in [1.54, 1.807) is 13.2 Å². The first kappa shape index (κ1) is 18.7. The maximum Gasteiger partial charge on any atom is 0.368 e. The minimum Gasteiger partial charge on any atom is -0.480 e. The molecule has 20 heavy (non-hydrogen) atoms. The van der Waals surface area contributed by atoms with Gasteiger partial charge >= 0.3 is 11.3 Å². The third-order valence-electron chi connectivity index (χ3n) is 2.47. The third kappa shape index (κ3) is 8.73. The van der Waals surface area contributed by atoms with Crippen molar-refractivity contribution in [3.05, 3.63) is 0 Å². The number of nitrogens with two attached hydrogens (primary N) is 1. The predicted octanol–water partition coefficient (Wildman–Crippen LogP) is 1.14. The Hall–Kier alpha value is -1.32. The number of carbonyl (C=O) groups is 2. The van der Waals surface area contributed by atoms with Gasteiger partial charge in [-0.2, -0.15) is 0 Å². The van der Waals surface area contributed by atoms with Gasteiger partial charge in [-0.1, -0.05) is 0 Å². The SMILES string of the molecule is CSC(=O)OC/N=C(\C)N(O)CCCC[C@H](N)C(=O)O. The number of aliphatic imine (C=N–C) groups is 1. The fraction of sp³-hybridized carbons (Fsp3) is 0.727. The van der Waals surface area contributed by atoms with Gasteiger partial charge in [0.15, 0.2) is 6.73 Å². The van der Waals surface area contributed by atoms with E-state index in [9.17, 15) is 14.8 Å². The minimum atomic E-state index is -1.03. The molecule has 0 aliphatic rings. The number of unbranched alkanes of at least 4 members (excludes halogenated alkanes) is 1. The molecule has 8 nitrogen and oxygen atoms in total. The summed E-state index contributed by atoms with van der Waals surface area (Å²) in [5.74, 6) is -0.708. The molecule has 0 heterocycles. The van der Waals surface area contributed by atoms with Crippen LogP contribution < -0.4 is 5.73 Å². The van der Waals surface area contributed by atoms with Gasteiger partial charge in [0.05, 0.1) is 0 Å². The van der Waals surface area contributed by atoms with Crippen LogP contribution in [0.15, 0.2) is 4.99 Å². The van der Waals surface area contributed by atoms with E-state index in [0.29, 0.717) is 31.6 Å². The zero-order chi connectivity index (χ0) is 15.5. The number of thioether (sulfide) groups is 1. The number of hydroxylamine groups is 2. The van der Waals surface area contributed by atoms with E-state index < -0.39 is 17.3 Å². The maximum absolute atomic E-state index is 10.8. The molecule has 0 saturated carbocycles. The van der Waals surface area contributed by atoms with Crippen molar-refractivity contribution in [1.82, 2.24) is 5.06 Å². The Bertz CT molecular complexity index is 351. The number of hydrogen-bond acceptors (Lipinski definition) is 7. The van der Waals surface area contributed by atoms with Crippen LogP contribution in [0, 0.1) is 0 Å². The van der Waals surface area contributed by atoms with Gasteiger partial charge in [-0.15, -0.1) is 0 Å². The van der Waals surface area contributed by atoms with Crippen molar-refractivity contribution < 1.29 is 24.6 Å². The minimum absolute atomic E-state index is 0.146. The lowest BCUT2D eigenvalue weighted by Gasteiger charge is -2.16. The summed E-state index contributed by atoms with van der Waals surface area (Å²) >= 11 is 0.940. The Morgan fingerprint density at radius 1 is 1.45 bits per heavy atom. The van der Waals surface area contributed by atoms with E-state index >= 15 is 0 Å². The van der Waals surface area contributed by atoms with Crippen molar-refractivity contribution >= 4 is 28.9 Å². The zero-order valence-corrected chi connectivity index (χ0v) is 12.4. The Balaban J connectivity index is 3.84. The van der Waals surface area contributed by atoms with E-state index in [1.165, 1.54) is 0 Å². The van der Waals surface area contributed by atoms with E-state index in [0.717, 1.165) is 16.8 Å². The van der Waals surface area contributed by atoms with E-state index in [2.05, 4.69) is 4.99 Å². The number of nitrogens with zero attached hydrogens (tertiary/aromatic N) is 2. The first-order chi connectivity index (χ1) is 9.38. The highest BCUT2D eigenvalue weighted by atomic mass is 32.2. The molecule has 1 atom stereocenters. The number of hydrogen-bond donors (Lipinski definition) is 3. The van der Waals surface area contributed by atoms with Crippen molar-refractivity contribution in [2.75, 3.05) is 19.5 Å².